The van der Waals surface area contributed by atoms with Gasteiger partial charge in [0.1, 0.15) is 5.67 Å². The van der Waals surface area contributed by atoms with Crippen LogP contribution in [0.15, 0.2) is 41.2 Å². The quantitative estimate of drug-likeness (QED) is 0.282. The van der Waals surface area contributed by atoms with Crippen LogP contribution in [-0.4, -0.2) is 38.2 Å². The Labute approximate surface area is 247 Å². The highest BCUT2D eigenvalue weighted by molar-refractivity contribution is 5.94. The number of hydrogen-bond acceptors (Lipinski definition) is 6. The van der Waals surface area contributed by atoms with E-state index in [1.54, 1.807) is 0 Å². The van der Waals surface area contributed by atoms with Gasteiger partial charge in [0.15, 0.2) is 11.6 Å². The van der Waals surface area contributed by atoms with Crippen LogP contribution in [-0.2, 0) is 22.0 Å². The molecule has 7 nitrogen and oxygen atoms in total. The molecule has 0 N–H and O–H groups in total. The van der Waals surface area contributed by atoms with Crippen molar-refractivity contribution in [2.24, 2.45) is 10.8 Å². The van der Waals surface area contributed by atoms with E-state index in [-0.39, 0.29) is 27.6 Å². The number of benzene rings is 1. The van der Waals surface area contributed by atoms with Gasteiger partial charge in [0.25, 0.3) is 0 Å². The van der Waals surface area contributed by atoms with Gasteiger partial charge in [-0.2, -0.15) is 4.98 Å². The molecule has 2 heterocycles. The molecule has 6 fully saturated rings. The van der Waals surface area contributed by atoms with Crippen molar-refractivity contribution in [3.05, 3.63) is 53.9 Å². The lowest BCUT2D eigenvalue weighted by Crippen LogP contribution is -2.65. The lowest BCUT2D eigenvalue weighted by Gasteiger charge is -2.66. The molecule has 0 aliphatic heterocycles. The number of carbonyl (C=O) groups is 1. The van der Waals surface area contributed by atoms with Gasteiger partial charge in [0, 0.05) is 47.4 Å². The number of amides is 1. The molecule has 6 saturated carbocycles. The van der Waals surface area contributed by atoms with Crippen molar-refractivity contribution in [2.45, 2.75) is 115 Å². The molecule has 6 aliphatic rings. The summed E-state index contributed by atoms with van der Waals surface area (Å²) in [4.78, 5) is 30.1. The Morgan fingerprint density at radius 3 is 2.24 bits per heavy atom. The first-order valence-electron chi connectivity index (χ1n) is 15.7. The molecule has 0 atom stereocenters. The number of aryl methyl sites for hydroxylation is 1. The molecule has 9 rings (SSSR count). The minimum atomic E-state index is -1.01. The fourth-order valence-electron chi connectivity index (χ4n) is 8.20. The summed E-state index contributed by atoms with van der Waals surface area (Å²) in [5.74, 6) is 2.33. The molecule has 0 unspecified atom stereocenters. The third-order valence-electron chi connectivity index (χ3n) is 10.9. The van der Waals surface area contributed by atoms with Crippen molar-refractivity contribution < 1.29 is 13.7 Å². The molecule has 1 amide bonds. The van der Waals surface area contributed by atoms with E-state index in [2.05, 4.69) is 48.9 Å². The van der Waals surface area contributed by atoms with Crippen molar-refractivity contribution in [3.8, 4) is 11.4 Å². The summed E-state index contributed by atoms with van der Waals surface area (Å²) in [7, 11) is 0. The molecule has 1 aromatic carbocycles. The Bertz CT molecular complexity index is 1460. The van der Waals surface area contributed by atoms with Gasteiger partial charge in [0.2, 0.25) is 11.8 Å². The number of fused-ring (bicyclic) bond motifs is 3. The lowest BCUT2D eigenvalue weighted by atomic mass is 9.41. The van der Waals surface area contributed by atoms with Crippen LogP contribution in [0.3, 0.4) is 0 Å². The third kappa shape index (κ3) is 4.65. The van der Waals surface area contributed by atoms with Crippen molar-refractivity contribution in [1.29, 1.82) is 0 Å². The highest BCUT2D eigenvalue weighted by Gasteiger charge is 2.69. The first kappa shape index (κ1) is 27.7. The highest BCUT2D eigenvalue weighted by Crippen LogP contribution is 2.71. The van der Waals surface area contributed by atoms with Crippen LogP contribution in [0.5, 0.6) is 0 Å². The molecular weight excluding hydrogens is 529 g/mol. The molecule has 3 aromatic rings. The first-order valence-corrected chi connectivity index (χ1v) is 15.7. The molecule has 0 saturated heterocycles. The van der Waals surface area contributed by atoms with E-state index in [0.717, 1.165) is 67.6 Å². The summed E-state index contributed by atoms with van der Waals surface area (Å²) in [5.41, 5.74) is 1.56. The molecule has 222 valence electrons. The van der Waals surface area contributed by atoms with Gasteiger partial charge in [-0.25, -0.2) is 14.4 Å². The number of anilines is 1. The second-order valence-corrected chi connectivity index (χ2v) is 15.1. The number of nitrogens with zero attached hydrogens (tertiary/aromatic N) is 5. The van der Waals surface area contributed by atoms with Crippen LogP contribution in [0.4, 0.5) is 10.1 Å². The average molecular weight is 572 g/mol. The Balaban J connectivity index is 1.14. The number of alkyl halides is 1. The minimum absolute atomic E-state index is 0.0349. The zero-order chi connectivity index (χ0) is 29.4. The summed E-state index contributed by atoms with van der Waals surface area (Å²) < 4.78 is 20.1. The predicted molar refractivity (Wildman–Crippen MR) is 159 cm³/mol. The van der Waals surface area contributed by atoms with Crippen LogP contribution in [0, 0.1) is 10.8 Å². The van der Waals surface area contributed by atoms with E-state index in [0.29, 0.717) is 43.9 Å². The van der Waals surface area contributed by atoms with Crippen LogP contribution in [0.2, 0.25) is 0 Å². The molecule has 0 spiro atoms. The first-order chi connectivity index (χ1) is 19.9. The van der Waals surface area contributed by atoms with Crippen molar-refractivity contribution in [2.75, 3.05) is 11.4 Å². The minimum Gasteiger partial charge on any atom is -0.339 e. The topological polar surface area (TPSA) is 85.0 Å². The zero-order valence-corrected chi connectivity index (χ0v) is 25.4. The van der Waals surface area contributed by atoms with Gasteiger partial charge < -0.3 is 9.42 Å². The Morgan fingerprint density at radius 1 is 1.00 bits per heavy atom. The Morgan fingerprint density at radius 2 is 1.67 bits per heavy atom. The fourth-order valence-corrected chi connectivity index (χ4v) is 8.20. The Kier molecular flexibility index (Phi) is 6.20. The largest absolute Gasteiger partial charge is 0.339 e. The third-order valence-corrected chi connectivity index (χ3v) is 10.9. The van der Waals surface area contributed by atoms with Crippen molar-refractivity contribution in [1.82, 2.24) is 20.1 Å². The summed E-state index contributed by atoms with van der Waals surface area (Å²) in [6, 6.07) is 8.08. The van der Waals surface area contributed by atoms with E-state index in [1.165, 1.54) is 0 Å². The molecule has 2 aromatic heterocycles. The van der Waals surface area contributed by atoms with E-state index >= 15 is 0 Å². The summed E-state index contributed by atoms with van der Waals surface area (Å²) in [6.45, 7) is 9.06. The van der Waals surface area contributed by atoms with E-state index in [4.69, 9.17) is 9.51 Å². The normalized spacial score (nSPS) is 31.4. The van der Waals surface area contributed by atoms with Crippen LogP contribution in [0.1, 0.15) is 109 Å². The average Bonchev–Trinajstić information content (AvgIpc) is 3.48. The smallest absolute Gasteiger partial charge is 0.232 e. The van der Waals surface area contributed by atoms with Gasteiger partial charge in [-0.3, -0.25) is 4.79 Å². The van der Waals surface area contributed by atoms with Gasteiger partial charge in [-0.05, 0) is 92.7 Å². The molecule has 42 heavy (non-hydrogen) atoms. The maximum atomic E-state index is 14.4. The van der Waals surface area contributed by atoms with Gasteiger partial charge in [-0.15, -0.1) is 0 Å². The second-order valence-electron chi connectivity index (χ2n) is 15.1. The second kappa shape index (κ2) is 9.42. The monoisotopic (exact) mass is 571 g/mol. The van der Waals surface area contributed by atoms with Crippen LogP contribution >= 0.6 is 0 Å². The predicted octanol–water partition coefficient (Wildman–Crippen LogP) is 7.29. The van der Waals surface area contributed by atoms with Gasteiger partial charge in [0.05, 0.1) is 0 Å². The molecule has 8 heteroatoms. The maximum absolute atomic E-state index is 14.4. The maximum Gasteiger partial charge on any atom is 0.232 e. The lowest BCUT2D eigenvalue weighted by molar-refractivity contribution is -0.215. The number of rotatable bonds is 8. The van der Waals surface area contributed by atoms with Crippen LogP contribution < -0.4 is 4.90 Å². The molecule has 4 bridgehead atoms. The molecular formula is C34H42FN5O2. The van der Waals surface area contributed by atoms with Crippen molar-refractivity contribution in [3.63, 3.8) is 0 Å². The summed E-state index contributed by atoms with van der Waals surface area (Å²) >= 11 is 0. The van der Waals surface area contributed by atoms with Gasteiger partial charge >= 0.3 is 0 Å². The van der Waals surface area contributed by atoms with Crippen LogP contribution in [0.25, 0.3) is 11.4 Å². The number of aromatic nitrogens is 4. The molecule has 0 radical (unpaired) electrons. The standard InChI is InChI=1S/C34H42FN5O2/c1-5-23-17-36-27(37-18-23)24-7-6-8-25(15-24)40(26(41)16-32-19-34(35,20-32)21-32)22-31-9-12-33(13-10-31,14-11-31)28-38-29(42-39-28)30(2,3)4/h6-8,15,17-18H,5,9-14,16,19-22H2,1-4H3. The van der Waals surface area contributed by atoms with E-state index in [1.807, 2.05) is 35.5 Å². The summed E-state index contributed by atoms with van der Waals surface area (Å²) in [6.07, 6.45) is 12.7. The van der Waals surface area contributed by atoms with E-state index in [9.17, 15) is 9.18 Å². The zero-order valence-electron chi connectivity index (χ0n) is 25.4. The van der Waals surface area contributed by atoms with Crippen molar-refractivity contribution >= 4 is 11.6 Å². The summed E-state index contributed by atoms with van der Waals surface area (Å²) in [5, 5.41) is 4.46. The fraction of sp³-hybridized carbons (Fsp3) is 0.618. The number of hydrogen-bond donors (Lipinski definition) is 0. The van der Waals surface area contributed by atoms with Gasteiger partial charge in [-0.1, -0.05) is 45.0 Å². The Hall–Kier alpha value is -3.16. The number of carbonyl (C=O) groups excluding carboxylic acids is 1. The highest BCUT2D eigenvalue weighted by atomic mass is 19.1. The number of halogens is 1. The molecule has 6 aliphatic carbocycles. The SMILES string of the molecule is CCc1cnc(-c2cccc(N(CC34CCC(c5noc(C(C)(C)C)n5)(CC3)CC4)C(=O)CC34CC(F)(C3)C4)c2)nc1. The van der Waals surface area contributed by atoms with E-state index < -0.39 is 5.67 Å².